The molecule has 1 aliphatic rings. The zero-order valence-corrected chi connectivity index (χ0v) is 11.6. The number of unbranched alkanes of at least 4 members (excludes halogenated alkanes) is 3. The number of hydrogen-bond acceptors (Lipinski definition) is 1. The molecule has 0 saturated heterocycles. The van der Waals surface area contributed by atoms with Gasteiger partial charge in [0.15, 0.2) is 0 Å². The minimum absolute atomic E-state index is 0.421. The van der Waals surface area contributed by atoms with Crippen LogP contribution in [0, 0.1) is 5.41 Å². The van der Waals surface area contributed by atoms with E-state index in [2.05, 4.69) is 12.2 Å². The number of halogens is 1. The monoisotopic (exact) mass is 245 g/mol. The average molecular weight is 246 g/mol. The zero-order valence-electron chi connectivity index (χ0n) is 10.9. The highest BCUT2D eigenvalue weighted by atomic mass is 35.5. The summed E-state index contributed by atoms with van der Waals surface area (Å²) in [6.07, 6.45) is 12.2. The van der Waals surface area contributed by atoms with Crippen molar-refractivity contribution in [2.24, 2.45) is 5.41 Å². The van der Waals surface area contributed by atoms with E-state index in [1.54, 1.807) is 0 Å². The Morgan fingerprint density at radius 2 is 1.81 bits per heavy atom. The molecule has 0 spiro atoms. The predicted molar refractivity (Wildman–Crippen MR) is 73.2 cm³/mol. The molecule has 0 aromatic heterocycles. The van der Waals surface area contributed by atoms with Crippen LogP contribution in [0.15, 0.2) is 0 Å². The van der Waals surface area contributed by atoms with Crippen molar-refractivity contribution in [3.63, 3.8) is 0 Å². The van der Waals surface area contributed by atoms with Gasteiger partial charge >= 0.3 is 0 Å². The molecule has 1 aliphatic carbocycles. The minimum Gasteiger partial charge on any atom is -0.316 e. The fraction of sp³-hybridized carbons (Fsp3) is 1.00. The smallest absolute Gasteiger partial charge is 0.0292 e. The van der Waals surface area contributed by atoms with Gasteiger partial charge in [-0.3, -0.25) is 0 Å². The van der Waals surface area contributed by atoms with Gasteiger partial charge in [0, 0.05) is 12.4 Å². The third kappa shape index (κ3) is 5.05. The molecule has 16 heavy (non-hydrogen) atoms. The van der Waals surface area contributed by atoms with Crippen LogP contribution in [0.25, 0.3) is 0 Å². The van der Waals surface area contributed by atoms with Gasteiger partial charge in [-0.05, 0) is 31.2 Å². The van der Waals surface area contributed by atoms with Crippen LogP contribution < -0.4 is 5.32 Å². The van der Waals surface area contributed by atoms with Crippen molar-refractivity contribution in [1.82, 2.24) is 5.32 Å². The summed E-state index contributed by atoms with van der Waals surface area (Å²) in [5.41, 5.74) is 0.421. The lowest BCUT2D eigenvalue weighted by Gasteiger charge is -2.35. The van der Waals surface area contributed by atoms with Crippen LogP contribution in [-0.2, 0) is 0 Å². The summed E-state index contributed by atoms with van der Waals surface area (Å²) in [5, 5.41) is 3.62. The molecular formula is C14H28ClN. The SMILES string of the molecule is CCCCCCNCC1(CCl)CCCCC1. The van der Waals surface area contributed by atoms with Crippen LogP contribution in [0.2, 0.25) is 0 Å². The number of rotatable bonds is 8. The molecule has 0 bridgehead atoms. The van der Waals surface area contributed by atoms with Gasteiger partial charge in [-0.25, -0.2) is 0 Å². The molecule has 0 radical (unpaired) electrons. The van der Waals surface area contributed by atoms with Gasteiger partial charge in [-0.2, -0.15) is 0 Å². The summed E-state index contributed by atoms with van der Waals surface area (Å²) in [5.74, 6) is 0.842. The summed E-state index contributed by atoms with van der Waals surface area (Å²) in [6.45, 7) is 4.58. The van der Waals surface area contributed by atoms with Crippen LogP contribution in [0.4, 0.5) is 0 Å². The highest BCUT2D eigenvalue weighted by molar-refractivity contribution is 6.18. The molecule has 0 aromatic rings. The second-order valence-electron chi connectivity index (χ2n) is 5.43. The standard InChI is InChI=1S/C14H28ClN/c1-2-3-4-8-11-16-13-14(12-15)9-6-5-7-10-14/h16H,2-13H2,1H3. The molecule has 1 N–H and O–H groups in total. The maximum Gasteiger partial charge on any atom is 0.0292 e. The van der Waals surface area contributed by atoms with Crippen LogP contribution in [0.5, 0.6) is 0 Å². The lowest BCUT2D eigenvalue weighted by molar-refractivity contribution is 0.212. The quantitative estimate of drug-likeness (QED) is 0.495. The summed E-state index contributed by atoms with van der Waals surface area (Å²) >= 11 is 6.16. The molecule has 1 rings (SSSR count). The molecule has 1 nitrogen and oxygen atoms in total. The van der Waals surface area contributed by atoms with Crippen molar-refractivity contribution in [3.8, 4) is 0 Å². The van der Waals surface area contributed by atoms with E-state index in [-0.39, 0.29) is 0 Å². The Hall–Kier alpha value is 0.250. The Morgan fingerprint density at radius 3 is 2.44 bits per heavy atom. The highest BCUT2D eigenvalue weighted by Crippen LogP contribution is 2.36. The molecule has 2 heteroatoms. The first-order valence-electron chi connectivity index (χ1n) is 7.10. The second-order valence-corrected chi connectivity index (χ2v) is 5.70. The topological polar surface area (TPSA) is 12.0 Å². The fourth-order valence-corrected chi connectivity index (χ4v) is 3.05. The predicted octanol–water partition coefficient (Wildman–Crippen LogP) is 4.35. The van der Waals surface area contributed by atoms with Crippen molar-refractivity contribution in [2.75, 3.05) is 19.0 Å². The maximum absolute atomic E-state index is 6.16. The maximum atomic E-state index is 6.16. The Labute approximate surface area is 106 Å². The van der Waals surface area contributed by atoms with Crippen molar-refractivity contribution in [1.29, 1.82) is 0 Å². The lowest BCUT2D eigenvalue weighted by Crippen LogP contribution is -2.38. The molecule has 1 fully saturated rings. The van der Waals surface area contributed by atoms with Crippen molar-refractivity contribution in [3.05, 3.63) is 0 Å². The molecular weight excluding hydrogens is 218 g/mol. The fourth-order valence-electron chi connectivity index (χ4n) is 2.69. The normalized spacial score (nSPS) is 19.9. The van der Waals surface area contributed by atoms with E-state index in [0.29, 0.717) is 5.41 Å². The second kappa shape index (κ2) is 8.36. The average Bonchev–Trinajstić information content (AvgIpc) is 2.35. The largest absolute Gasteiger partial charge is 0.316 e. The Balaban J connectivity index is 2.08. The number of alkyl halides is 1. The van der Waals surface area contributed by atoms with E-state index in [4.69, 9.17) is 11.6 Å². The first-order chi connectivity index (χ1) is 7.83. The zero-order chi connectivity index (χ0) is 11.7. The molecule has 0 heterocycles. The van der Waals surface area contributed by atoms with E-state index in [0.717, 1.165) is 12.4 Å². The van der Waals surface area contributed by atoms with Gasteiger partial charge in [0.05, 0.1) is 0 Å². The summed E-state index contributed by atoms with van der Waals surface area (Å²) in [4.78, 5) is 0. The minimum atomic E-state index is 0.421. The van der Waals surface area contributed by atoms with E-state index < -0.39 is 0 Å². The molecule has 0 amide bonds. The molecule has 1 saturated carbocycles. The highest BCUT2D eigenvalue weighted by Gasteiger charge is 2.30. The molecule has 0 aromatic carbocycles. The summed E-state index contributed by atoms with van der Waals surface area (Å²) in [7, 11) is 0. The van der Waals surface area contributed by atoms with E-state index in [9.17, 15) is 0 Å². The summed E-state index contributed by atoms with van der Waals surface area (Å²) in [6, 6.07) is 0. The van der Waals surface area contributed by atoms with Gasteiger partial charge < -0.3 is 5.32 Å². The van der Waals surface area contributed by atoms with Crippen molar-refractivity contribution < 1.29 is 0 Å². The first kappa shape index (κ1) is 14.3. The van der Waals surface area contributed by atoms with Crippen LogP contribution in [0.3, 0.4) is 0 Å². The van der Waals surface area contributed by atoms with Crippen molar-refractivity contribution >= 4 is 11.6 Å². The Bertz CT molecular complexity index is 164. The van der Waals surface area contributed by atoms with Gasteiger partial charge in [-0.15, -0.1) is 11.6 Å². The van der Waals surface area contributed by atoms with Crippen LogP contribution >= 0.6 is 11.6 Å². The summed E-state index contributed by atoms with van der Waals surface area (Å²) < 4.78 is 0. The molecule has 0 aliphatic heterocycles. The van der Waals surface area contributed by atoms with Gasteiger partial charge in [0.25, 0.3) is 0 Å². The van der Waals surface area contributed by atoms with Gasteiger partial charge in [0.1, 0.15) is 0 Å². The van der Waals surface area contributed by atoms with Crippen molar-refractivity contribution in [2.45, 2.75) is 64.7 Å². The Kier molecular flexibility index (Phi) is 7.47. The third-order valence-corrected chi connectivity index (χ3v) is 4.47. The number of hydrogen-bond donors (Lipinski definition) is 1. The van der Waals surface area contributed by atoms with Crippen LogP contribution in [-0.4, -0.2) is 19.0 Å². The van der Waals surface area contributed by atoms with E-state index in [1.165, 1.54) is 64.3 Å². The van der Waals surface area contributed by atoms with Gasteiger partial charge in [0.2, 0.25) is 0 Å². The number of nitrogens with one attached hydrogen (secondary N) is 1. The third-order valence-electron chi connectivity index (χ3n) is 3.90. The molecule has 0 atom stereocenters. The lowest BCUT2D eigenvalue weighted by atomic mass is 9.75. The molecule has 0 unspecified atom stereocenters. The van der Waals surface area contributed by atoms with Crippen LogP contribution in [0.1, 0.15) is 64.7 Å². The van der Waals surface area contributed by atoms with Gasteiger partial charge in [-0.1, -0.05) is 45.4 Å². The Morgan fingerprint density at radius 1 is 1.06 bits per heavy atom. The van der Waals surface area contributed by atoms with E-state index >= 15 is 0 Å². The van der Waals surface area contributed by atoms with E-state index in [1.807, 2.05) is 0 Å². The molecule has 96 valence electrons. The first-order valence-corrected chi connectivity index (χ1v) is 7.63.